The van der Waals surface area contributed by atoms with Crippen molar-refractivity contribution in [3.63, 3.8) is 0 Å². The van der Waals surface area contributed by atoms with Gasteiger partial charge >= 0.3 is 0 Å². The van der Waals surface area contributed by atoms with E-state index in [4.69, 9.17) is 12.2 Å². The van der Waals surface area contributed by atoms with Crippen molar-refractivity contribution in [2.24, 2.45) is 0 Å². The number of carbonyl (C=O) groups excluding carboxylic acids is 3. The van der Waals surface area contributed by atoms with E-state index in [1.165, 1.54) is 4.90 Å². The SMILES string of the molecule is Cc1ccc(N2C(=O)/C(=C/c3cn(CC(=O)Nc4ccccc4)c4ccccc34)C(=O)NC2=S)cc1. The summed E-state index contributed by atoms with van der Waals surface area (Å²) in [4.78, 5) is 40.2. The fourth-order valence-electron chi connectivity index (χ4n) is 4.14. The van der Waals surface area contributed by atoms with Crippen LogP contribution in [0.3, 0.4) is 0 Å². The number of carbonyl (C=O) groups is 3. The summed E-state index contributed by atoms with van der Waals surface area (Å²) in [5, 5.41) is 6.34. The fourth-order valence-corrected chi connectivity index (χ4v) is 4.42. The minimum atomic E-state index is -0.563. The molecule has 8 heteroatoms. The van der Waals surface area contributed by atoms with Crippen LogP contribution in [0, 0.1) is 6.92 Å². The van der Waals surface area contributed by atoms with Crippen LogP contribution in [0.15, 0.2) is 90.6 Å². The Balaban J connectivity index is 1.49. The second kappa shape index (κ2) is 9.59. The van der Waals surface area contributed by atoms with Crippen molar-refractivity contribution in [3.05, 3.63) is 102 Å². The third-order valence-corrected chi connectivity index (χ3v) is 6.17. The fraction of sp³-hybridized carbons (Fsp3) is 0.0714. The van der Waals surface area contributed by atoms with Gasteiger partial charge in [0.05, 0.1) is 5.69 Å². The number of aromatic nitrogens is 1. The summed E-state index contributed by atoms with van der Waals surface area (Å²) >= 11 is 5.29. The molecule has 36 heavy (non-hydrogen) atoms. The van der Waals surface area contributed by atoms with Crippen LogP contribution in [0.1, 0.15) is 11.1 Å². The predicted molar refractivity (Wildman–Crippen MR) is 144 cm³/mol. The first-order valence-corrected chi connectivity index (χ1v) is 11.7. The smallest absolute Gasteiger partial charge is 0.270 e. The molecule has 0 atom stereocenters. The molecule has 3 amide bonds. The number of para-hydroxylation sites is 2. The summed E-state index contributed by atoms with van der Waals surface area (Å²) in [6, 6.07) is 24.1. The Morgan fingerprint density at radius 1 is 0.972 bits per heavy atom. The third kappa shape index (κ3) is 4.54. The van der Waals surface area contributed by atoms with Gasteiger partial charge in [0.15, 0.2) is 5.11 Å². The number of fused-ring (bicyclic) bond motifs is 1. The molecule has 178 valence electrons. The zero-order valence-corrected chi connectivity index (χ0v) is 20.2. The van der Waals surface area contributed by atoms with Crippen molar-refractivity contribution >= 4 is 63.4 Å². The molecule has 0 radical (unpaired) electrons. The molecule has 1 saturated heterocycles. The molecular weight excluding hydrogens is 472 g/mol. The molecule has 0 aliphatic carbocycles. The van der Waals surface area contributed by atoms with Gasteiger partial charge in [-0.1, -0.05) is 54.1 Å². The van der Waals surface area contributed by atoms with Crippen LogP contribution in [0.2, 0.25) is 0 Å². The maximum Gasteiger partial charge on any atom is 0.270 e. The van der Waals surface area contributed by atoms with E-state index in [1.807, 2.05) is 73.7 Å². The monoisotopic (exact) mass is 494 g/mol. The van der Waals surface area contributed by atoms with Gasteiger partial charge < -0.3 is 9.88 Å². The summed E-state index contributed by atoms with van der Waals surface area (Å²) in [5.41, 5.74) is 3.73. The number of benzene rings is 3. The minimum absolute atomic E-state index is 0.0333. The van der Waals surface area contributed by atoms with Crippen LogP contribution in [0.5, 0.6) is 0 Å². The van der Waals surface area contributed by atoms with Gasteiger partial charge in [-0.15, -0.1) is 0 Å². The van der Waals surface area contributed by atoms with Crippen molar-refractivity contribution in [3.8, 4) is 0 Å². The Bertz CT molecular complexity index is 1540. The maximum atomic E-state index is 13.4. The van der Waals surface area contributed by atoms with Gasteiger partial charge in [0.25, 0.3) is 11.8 Å². The van der Waals surface area contributed by atoms with E-state index in [1.54, 1.807) is 29.0 Å². The molecule has 5 rings (SSSR count). The Kier molecular flexibility index (Phi) is 6.18. The number of hydrogen-bond donors (Lipinski definition) is 2. The molecule has 1 aromatic heterocycles. The summed E-state index contributed by atoms with van der Waals surface area (Å²) in [6.07, 6.45) is 3.32. The summed E-state index contributed by atoms with van der Waals surface area (Å²) in [6.45, 7) is 2.02. The topological polar surface area (TPSA) is 83.4 Å². The molecule has 0 bridgehead atoms. The number of amides is 3. The third-order valence-electron chi connectivity index (χ3n) is 5.88. The lowest BCUT2D eigenvalue weighted by Gasteiger charge is -2.29. The van der Waals surface area contributed by atoms with Gasteiger partial charge in [-0.2, -0.15) is 0 Å². The lowest BCUT2D eigenvalue weighted by atomic mass is 10.1. The van der Waals surface area contributed by atoms with Crippen molar-refractivity contribution in [2.75, 3.05) is 10.2 Å². The van der Waals surface area contributed by atoms with Gasteiger partial charge in [-0.05, 0) is 55.5 Å². The van der Waals surface area contributed by atoms with E-state index in [0.29, 0.717) is 16.9 Å². The minimum Gasteiger partial charge on any atom is -0.337 e. The van der Waals surface area contributed by atoms with Gasteiger partial charge in [0.2, 0.25) is 5.91 Å². The highest BCUT2D eigenvalue weighted by atomic mass is 32.1. The van der Waals surface area contributed by atoms with Crippen LogP contribution in [0.25, 0.3) is 17.0 Å². The number of nitrogens with zero attached hydrogens (tertiary/aromatic N) is 2. The molecule has 1 fully saturated rings. The largest absolute Gasteiger partial charge is 0.337 e. The number of anilines is 2. The van der Waals surface area contributed by atoms with Crippen LogP contribution in [0.4, 0.5) is 11.4 Å². The molecule has 0 unspecified atom stereocenters. The molecule has 1 aliphatic rings. The second-order valence-corrected chi connectivity index (χ2v) is 8.82. The molecule has 4 aromatic rings. The summed E-state index contributed by atoms with van der Waals surface area (Å²) in [5.74, 6) is -1.26. The molecule has 1 aliphatic heterocycles. The first-order valence-electron chi connectivity index (χ1n) is 11.3. The predicted octanol–water partition coefficient (Wildman–Crippen LogP) is 4.42. The van der Waals surface area contributed by atoms with Gasteiger partial charge in [-0.25, -0.2) is 0 Å². The average molecular weight is 495 g/mol. The number of rotatable bonds is 5. The molecule has 7 nitrogen and oxygen atoms in total. The van der Waals surface area contributed by atoms with Gasteiger partial charge in [0, 0.05) is 28.4 Å². The lowest BCUT2D eigenvalue weighted by molar-refractivity contribution is -0.122. The highest BCUT2D eigenvalue weighted by Crippen LogP contribution is 2.27. The first kappa shape index (κ1) is 23.2. The molecular formula is C28H22N4O3S. The van der Waals surface area contributed by atoms with Crippen LogP contribution in [-0.2, 0) is 20.9 Å². The Hall–Kier alpha value is -4.56. The molecule has 0 spiro atoms. The van der Waals surface area contributed by atoms with Crippen molar-refractivity contribution < 1.29 is 14.4 Å². The van der Waals surface area contributed by atoms with Crippen molar-refractivity contribution in [2.45, 2.75) is 13.5 Å². The highest BCUT2D eigenvalue weighted by Gasteiger charge is 2.34. The van der Waals surface area contributed by atoms with Crippen LogP contribution < -0.4 is 15.5 Å². The summed E-state index contributed by atoms with van der Waals surface area (Å²) in [7, 11) is 0. The van der Waals surface area contributed by atoms with Gasteiger partial charge in [-0.3, -0.25) is 24.6 Å². The quantitative estimate of drug-likeness (QED) is 0.244. The first-order chi connectivity index (χ1) is 17.4. The van der Waals surface area contributed by atoms with E-state index in [-0.39, 0.29) is 23.1 Å². The zero-order chi connectivity index (χ0) is 25.2. The normalized spacial score (nSPS) is 14.9. The van der Waals surface area contributed by atoms with E-state index in [9.17, 15) is 14.4 Å². The number of hydrogen-bond acceptors (Lipinski definition) is 4. The summed E-state index contributed by atoms with van der Waals surface area (Å²) < 4.78 is 1.80. The zero-order valence-electron chi connectivity index (χ0n) is 19.4. The molecule has 3 aromatic carbocycles. The highest BCUT2D eigenvalue weighted by molar-refractivity contribution is 7.80. The van der Waals surface area contributed by atoms with E-state index in [0.717, 1.165) is 16.5 Å². The standard InChI is InChI=1S/C28H22N4O3S/c1-18-11-13-21(14-12-18)32-27(35)23(26(34)30-28(32)36)15-19-16-31(24-10-6-5-9-22(19)24)17-25(33)29-20-7-3-2-4-8-20/h2-16H,17H2,1H3,(H,29,33)(H,30,34,36)/b23-15+. The van der Waals surface area contributed by atoms with E-state index >= 15 is 0 Å². The van der Waals surface area contributed by atoms with Crippen LogP contribution >= 0.6 is 12.2 Å². The number of aryl methyl sites for hydroxylation is 1. The van der Waals surface area contributed by atoms with E-state index in [2.05, 4.69) is 10.6 Å². The van der Waals surface area contributed by atoms with Crippen molar-refractivity contribution in [1.82, 2.24) is 9.88 Å². The maximum absolute atomic E-state index is 13.4. The van der Waals surface area contributed by atoms with Crippen LogP contribution in [-0.4, -0.2) is 27.4 Å². The average Bonchev–Trinajstić information content (AvgIpc) is 3.20. The lowest BCUT2D eigenvalue weighted by Crippen LogP contribution is -2.54. The second-order valence-electron chi connectivity index (χ2n) is 8.44. The Labute approximate surface area is 213 Å². The Morgan fingerprint density at radius 2 is 1.67 bits per heavy atom. The van der Waals surface area contributed by atoms with Crippen molar-refractivity contribution in [1.29, 1.82) is 0 Å². The number of nitrogens with one attached hydrogen (secondary N) is 2. The molecule has 0 saturated carbocycles. The van der Waals surface area contributed by atoms with Gasteiger partial charge in [0.1, 0.15) is 12.1 Å². The molecule has 2 heterocycles. The molecule has 2 N–H and O–H groups in total. The van der Waals surface area contributed by atoms with E-state index < -0.39 is 11.8 Å². The Morgan fingerprint density at radius 3 is 2.42 bits per heavy atom. The number of thiocarbonyl (C=S) groups is 1.